The molecule has 156 valence electrons. The van der Waals surface area contributed by atoms with Gasteiger partial charge in [0.05, 0.1) is 0 Å². The molecular weight excluding hydrogens is 379 g/mol. The quantitative estimate of drug-likeness (QED) is 0.777. The van der Waals surface area contributed by atoms with Gasteiger partial charge in [0.2, 0.25) is 0 Å². The number of aliphatic carboxylic acids is 1. The molecule has 1 aromatic carbocycles. The maximum Gasteiger partial charge on any atom is 0.573 e. The van der Waals surface area contributed by atoms with Crippen molar-refractivity contribution < 1.29 is 37.3 Å². The SMILES string of the molecule is CC(C)(C)OC(=O)N1CC(c2ccc(OC(F)(F)F)cc2)CC(C)(C(=O)[O-])C1. The zero-order valence-corrected chi connectivity index (χ0v) is 16.1. The highest BCUT2D eigenvalue weighted by Gasteiger charge is 2.41. The molecule has 2 atom stereocenters. The normalized spacial score (nSPS) is 23.2. The number of piperidine rings is 1. The van der Waals surface area contributed by atoms with Crippen LogP contribution < -0.4 is 9.84 Å². The lowest BCUT2D eigenvalue weighted by atomic mass is 9.74. The lowest BCUT2D eigenvalue weighted by molar-refractivity contribution is -0.320. The Morgan fingerprint density at radius 2 is 1.75 bits per heavy atom. The zero-order chi connectivity index (χ0) is 21.3. The van der Waals surface area contributed by atoms with E-state index in [1.807, 2.05) is 0 Å². The van der Waals surface area contributed by atoms with E-state index in [9.17, 15) is 27.9 Å². The third kappa shape index (κ3) is 5.77. The Bertz CT molecular complexity index is 727. The molecular formula is C19H23F3NO5-. The average molecular weight is 402 g/mol. The number of carbonyl (C=O) groups is 2. The number of benzene rings is 1. The van der Waals surface area contributed by atoms with Crippen molar-refractivity contribution in [3.8, 4) is 5.75 Å². The minimum absolute atomic E-state index is 0.0734. The fourth-order valence-electron chi connectivity index (χ4n) is 3.20. The second kappa shape index (κ2) is 7.52. The number of rotatable bonds is 3. The first-order chi connectivity index (χ1) is 12.7. The standard InChI is InChI=1S/C19H24F3NO5/c1-17(2,3)28-16(26)23-10-13(9-18(4,11-23)15(24)25)12-5-7-14(8-6-12)27-19(20,21)22/h5-8,13H,9-11H2,1-4H3,(H,24,25)/p-1. The molecule has 0 aromatic heterocycles. The number of hydrogen-bond acceptors (Lipinski definition) is 5. The number of amides is 1. The van der Waals surface area contributed by atoms with Crippen LogP contribution in [0.5, 0.6) is 5.75 Å². The summed E-state index contributed by atoms with van der Waals surface area (Å²) >= 11 is 0. The maximum absolute atomic E-state index is 12.5. The van der Waals surface area contributed by atoms with Crippen LogP contribution in [-0.2, 0) is 9.53 Å². The minimum Gasteiger partial charge on any atom is -0.549 e. The number of carboxylic acids is 1. The second-order valence-electron chi connectivity index (χ2n) is 8.23. The largest absolute Gasteiger partial charge is 0.573 e. The molecule has 28 heavy (non-hydrogen) atoms. The third-order valence-electron chi connectivity index (χ3n) is 4.41. The predicted octanol–water partition coefficient (Wildman–Crippen LogP) is 3.07. The van der Waals surface area contributed by atoms with Gasteiger partial charge >= 0.3 is 12.5 Å². The fraction of sp³-hybridized carbons (Fsp3) is 0.579. The van der Waals surface area contributed by atoms with Gasteiger partial charge in [-0.2, -0.15) is 0 Å². The molecule has 0 N–H and O–H groups in total. The van der Waals surface area contributed by atoms with Crippen LogP contribution in [0.3, 0.4) is 0 Å². The van der Waals surface area contributed by atoms with E-state index in [0.29, 0.717) is 5.56 Å². The van der Waals surface area contributed by atoms with Crippen molar-refractivity contribution in [3.05, 3.63) is 29.8 Å². The van der Waals surface area contributed by atoms with Crippen molar-refractivity contribution in [1.82, 2.24) is 4.90 Å². The van der Waals surface area contributed by atoms with E-state index >= 15 is 0 Å². The molecule has 0 bridgehead atoms. The number of nitrogens with zero attached hydrogens (tertiary/aromatic N) is 1. The molecule has 0 spiro atoms. The summed E-state index contributed by atoms with van der Waals surface area (Å²) in [4.78, 5) is 25.4. The summed E-state index contributed by atoms with van der Waals surface area (Å²) in [5, 5.41) is 11.7. The number of ether oxygens (including phenoxy) is 2. The molecule has 1 aliphatic heterocycles. The van der Waals surface area contributed by atoms with Gasteiger partial charge in [-0.05, 0) is 44.9 Å². The first kappa shape index (κ1) is 21.8. The van der Waals surface area contributed by atoms with Gasteiger partial charge in [-0.15, -0.1) is 13.2 Å². The summed E-state index contributed by atoms with van der Waals surface area (Å²) in [5.41, 5.74) is -1.48. The molecule has 0 saturated carbocycles. The van der Waals surface area contributed by atoms with E-state index in [1.54, 1.807) is 20.8 Å². The molecule has 6 nitrogen and oxygen atoms in total. The van der Waals surface area contributed by atoms with Crippen molar-refractivity contribution in [2.75, 3.05) is 13.1 Å². The summed E-state index contributed by atoms with van der Waals surface area (Å²) in [7, 11) is 0. The average Bonchev–Trinajstić information content (AvgIpc) is 2.51. The van der Waals surface area contributed by atoms with E-state index < -0.39 is 35.4 Å². The molecule has 1 fully saturated rings. The van der Waals surface area contributed by atoms with E-state index in [-0.39, 0.29) is 25.3 Å². The molecule has 0 aliphatic carbocycles. The van der Waals surface area contributed by atoms with E-state index in [1.165, 1.54) is 24.0 Å². The Morgan fingerprint density at radius 1 is 1.18 bits per heavy atom. The summed E-state index contributed by atoms with van der Waals surface area (Å²) in [6.07, 6.45) is -5.27. The van der Waals surface area contributed by atoms with Gasteiger partial charge in [-0.3, -0.25) is 0 Å². The molecule has 1 aliphatic rings. The highest BCUT2D eigenvalue weighted by atomic mass is 19.4. The van der Waals surface area contributed by atoms with E-state index in [2.05, 4.69) is 4.74 Å². The Kier molecular flexibility index (Phi) is 5.87. The summed E-state index contributed by atoms with van der Waals surface area (Å²) < 4.78 is 46.1. The van der Waals surface area contributed by atoms with Crippen LogP contribution in [0.4, 0.5) is 18.0 Å². The van der Waals surface area contributed by atoms with Gasteiger partial charge in [0, 0.05) is 30.4 Å². The number of carbonyl (C=O) groups excluding carboxylic acids is 2. The monoisotopic (exact) mass is 402 g/mol. The van der Waals surface area contributed by atoms with Gasteiger partial charge < -0.3 is 24.3 Å². The Balaban J connectivity index is 2.25. The van der Waals surface area contributed by atoms with Crippen molar-refractivity contribution >= 4 is 12.1 Å². The lowest BCUT2D eigenvalue weighted by Crippen LogP contribution is -2.55. The molecule has 1 aromatic rings. The van der Waals surface area contributed by atoms with Crippen LogP contribution >= 0.6 is 0 Å². The Hall–Kier alpha value is -2.45. The molecule has 9 heteroatoms. The second-order valence-corrected chi connectivity index (χ2v) is 8.23. The number of likely N-dealkylation sites (tertiary alicyclic amines) is 1. The van der Waals surface area contributed by atoms with Gasteiger partial charge in [0.25, 0.3) is 0 Å². The van der Waals surface area contributed by atoms with E-state index in [4.69, 9.17) is 4.74 Å². The Morgan fingerprint density at radius 3 is 2.21 bits per heavy atom. The van der Waals surface area contributed by atoms with Gasteiger partial charge in [-0.25, -0.2) is 4.79 Å². The van der Waals surface area contributed by atoms with Crippen LogP contribution in [0.25, 0.3) is 0 Å². The van der Waals surface area contributed by atoms with Gasteiger partial charge in [-0.1, -0.05) is 19.1 Å². The van der Waals surface area contributed by atoms with Crippen molar-refractivity contribution in [2.24, 2.45) is 5.41 Å². The van der Waals surface area contributed by atoms with E-state index in [0.717, 1.165) is 12.1 Å². The number of alkyl halides is 3. The van der Waals surface area contributed by atoms with Crippen LogP contribution in [-0.4, -0.2) is 42.0 Å². The molecule has 2 rings (SSSR count). The molecule has 2 unspecified atom stereocenters. The zero-order valence-electron chi connectivity index (χ0n) is 16.1. The van der Waals surface area contributed by atoms with Crippen molar-refractivity contribution in [3.63, 3.8) is 0 Å². The number of carboxylic acid groups (broad SMARTS) is 1. The minimum atomic E-state index is -4.80. The molecule has 1 saturated heterocycles. The smallest absolute Gasteiger partial charge is 0.549 e. The molecule has 1 amide bonds. The van der Waals surface area contributed by atoms with Gasteiger partial charge in [0.15, 0.2) is 0 Å². The third-order valence-corrected chi connectivity index (χ3v) is 4.41. The topological polar surface area (TPSA) is 78.9 Å². The summed E-state index contributed by atoms with van der Waals surface area (Å²) in [5.74, 6) is -2.09. The van der Waals surface area contributed by atoms with Crippen molar-refractivity contribution in [2.45, 2.75) is 52.0 Å². The summed E-state index contributed by atoms with van der Waals surface area (Å²) in [6, 6.07) is 5.18. The van der Waals surface area contributed by atoms with Gasteiger partial charge in [0.1, 0.15) is 11.4 Å². The molecule has 0 radical (unpaired) electrons. The maximum atomic E-state index is 12.5. The highest BCUT2D eigenvalue weighted by molar-refractivity contribution is 5.75. The lowest BCUT2D eigenvalue weighted by Gasteiger charge is -2.45. The first-order valence-electron chi connectivity index (χ1n) is 8.74. The highest BCUT2D eigenvalue weighted by Crippen LogP contribution is 2.39. The number of halogens is 3. The van der Waals surface area contributed by atoms with Crippen LogP contribution in [0, 0.1) is 5.41 Å². The predicted molar refractivity (Wildman–Crippen MR) is 91.4 cm³/mol. The van der Waals surface area contributed by atoms with Crippen molar-refractivity contribution in [1.29, 1.82) is 0 Å². The fourth-order valence-corrected chi connectivity index (χ4v) is 3.20. The molecule has 1 heterocycles. The van der Waals surface area contributed by atoms with Crippen LogP contribution in [0.1, 0.15) is 45.6 Å². The van der Waals surface area contributed by atoms with Crippen LogP contribution in [0.2, 0.25) is 0 Å². The first-order valence-corrected chi connectivity index (χ1v) is 8.74. The Labute approximate surface area is 161 Å². The van der Waals surface area contributed by atoms with Crippen LogP contribution in [0.15, 0.2) is 24.3 Å². The number of hydrogen-bond donors (Lipinski definition) is 0. The summed E-state index contributed by atoms with van der Waals surface area (Å²) in [6.45, 7) is 6.68.